The van der Waals surface area contributed by atoms with E-state index in [0.717, 1.165) is 6.42 Å². The summed E-state index contributed by atoms with van der Waals surface area (Å²) in [6.07, 6.45) is 6.00. The summed E-state index contributed by atoms with van der Waals surface area (Å²) < 4.78 is 12.8. The molecule has 0 saturated carbocycles. The maximum Gasteiger partial charge on any atom is 0.238 e. The van der Waals surface area contributed by atoms with E-state index in [-0.39, 0.29) is 24.3 Å². The molecule has 1 atom stereocenters. The van der Waals surface area contributed by atoms with Gasteiger partial charge in [0.2, 0.25) is 5.91 Å². The van der Waals surface area contributed by atoms with Gasteiger partial charge in [-0.15, -0.1) is 6.42 Å². The van der Waals surface area contributed by atoms with Crippen LogP contribution in [0.2, 0.25) is 0 Å². The standard InChI is InChI=1S/C13H15FN2O/c1-3-11(4-2)15-9-13(17)16-12-7-5-6-10(14)8-12/h1,5-8,11,15H,4,9H2,2H3,(H,16,17). The summed E-state index contributed by atoms with van der Waals surface area (Å²) in [5, 5.41) is 5.49. The van der Waals surface area contributed by atoms with Crippen molar-refractivity contribution < 1.29 is 9.18 Å². The molecule has 0 saturated heterocycles. The first-order valence-corrected chi connectivity index (χ1v) is 5.40. The van der Waals surface area contributed by atoms with Gasteiger partial charge in [0.15, 0.2) is 0 Å². The van der Waals surface area contributed by atoms with Crippen LogP contribution in [0.5, 0.6) is 0 Å². The molecule has 0 aromatic heterocycles. The van der Waals surface area contributed by atoms with E-state index in [0.29, 0.717) is 5.69 Å². The Balaban J connectivity index is 2.43. The Kier molecular flexibility index (Phi) is 5.18. The van der Waals surface area contributed by atoms with E-state index >= 15 is 0 Å². The molecule has 1 aromatic carbocycles. The third-order valence-corrected chi connectivity index (χ3v) is 2.23. The number of benzene rings is 1. The fourth-order valence-corrected chi connectivity index (χ4v) is 1.31. The molecule has 1 rings (SSSR count). The fourth-order valence-electron chi connectivity index (χ4n) is 1.31. The van der Waals surface area contributed by atoms with Crippen molar-refractivity contribution in [2.24, 2.45) is 0 Å². The van der Waals surface area contributed by atoms with Gasteiger partial charge in [-0.1, -0.05) is 18.9 Å². The van der Waals surface area contributed by atoms with Crippen LogP contribution >= 0.6 is 0 Å². The molecule has 0 radical (unpaired) electrons. The van der Waals surface area contributed by atoms with Crippen LogP contribution in [-0.2, 0) is 4.79 Å². The normalized spacial score (nSPS) is 11.6. The third-order valence-electron chi connectivity index (χ3n) is 2.23. The summed E-state index contributed by atoms with van der Waals surface area (Å²) in [6, 6.07) is 5.62. The Labute approximate surface area is 100 Å². The van der Waals surface area contributed by atoms with Crippen LogP contribution in [0.3, 0.4) is 0 Å². The first-order valence-electron chi connectivity index (χ1n) is 5.40. The van der Waals surface area contributed by atoms with E-state index in [4.69, 9.17) is 6.42 Å². The van der Waals surface area contributed by atoms with Crippen molar-refractivity contribution in [1.29, 1.82) is 0 Å². The van der Waals surface area contributed by atoms with Gasteiger partial charge in [0, 0.05) is 5.69 Å². The van der Waals surface area contributed by atoms with Crippen LogP contribution < -0.4 is 10.6 Å². The van der Waals surface area contributed by atoms with E-state index in [1.807, 2.05) is 6.92 Å². The Hall–Kier alpha value is -1.86. The molecule has 0 heterocycles. The number of terminal acetylenes is 1. The molecule has 1 amide bonds. The number of carbonyl (C=O) groups excluding carboxylic acids is 1. The van der Waals surface area contributed by atoms with Gasteiger partial charge in [-0.05, 0) is 24.6 Å². The number of hydrogen-bond donors (Lipinski definition) is 2. The summed E-state index contributed by atoms with van der Waals surface area (Å²) in [5.41, 5.74) is 0.436. The highest BCUT2D eigenvalue weighted by atomic mass is 19.1. The zero-order chi connectivity index (χ0) is 12.7. The van der Waals surface area contributed by atoms with Crippen LogP contribution in [0.4, 0.5) is 10.1 Å². The van der Waals surface area contributed by atoms with E-state index in [1.165, 1.54) is 18.2 Å². The van der Waals surface area contributed by atoms with Crippen molar-refractivity contribution in [3.63, 3.8) is 0 Å². The minimum absolute atomic E-state index is 0.110. The molecule has 0 aliphatic rings. The zero-order valence-electron chi connectivity index (χ0n) is 9.66. The molecule has 4 heteroatoms. The zero-order valence-corrected chi connectivity index (χ0v) is 9.66. The van der Waals surface area contributed by atoms with Gasteiger partial charge < -0.3 is 5.32 Å². The summed E-state index contributed by atoms with van der Waals surface area (Å²) in [4.78, 5) is 11.5. The number of anilines is 1. The first-order chi connectivity index (χ1) is 8.15. The molecule has 2 N–H and O–H groups in total. The number of rotatable bonds is 5. The molecule has 1 unspecified atom stereocenters. The third kappa shape index (κ3) is 4.66. The molecule has 90 valence electrons. The van der Waals surface area contributed by atoms with Crippen molar-refractivity contribution in [1.82, 2.24) is 5.32 Å². The lowest BCUT2D eigenvalue weighted by Crippen LogP contribution is -2.34. The number of halogens is 1. The molecular weight excluding hydrogens is 219 g/mol. The molecule has 3 nitrogen and oxygen atoms in total. The lowest BCUT2D eigenvalue weighted by atomic mass is 10.2. The Morgan fingerprint density at radius 1 is 1.59 bits per heavy atom. The Morgan fingerprint density at radius 2 is 2.35 bits per heavy atom. The number of carbonyl (C=O) groups is 1. The first kappa shape index (κ1) is 13.2. The molecule has 1 aromatic rings. The lowest BCUT2D eigenvalue weighted by molar-refractivity contribution is -0.115. The Morgan fingerprint density at radius 3 is 2.94 bits per heavy atom. The van der Waals surface area contributed by atoms with Gasteiger partial charge >= 0.3 is 0 Å². The fraction of sp³-hybridized carbons (Fsp3) is 0.308. The van der Waals surface area contributed by atoms with Crippen LogP contribution in [0.15, 0.2) is 24.3 Å². The largest absolute Gasteiger partial charge is 0.325 e. The van der Waals surface area contributed by atoms with E-state index in [9.17, 15) is 9.18 Å². The highest BCUT2D eigenvalue weighted by Gasteiger charge is 2.06. The maximum atomic E-state index is 12.8. The molecular formula is C13H15FN2O. The molecule has 0 spiro atoms. The summed E-state index contributed by atoms with van der Waals surface area (Å²) in [5.74, 6) is 1.90. The number of hydrogen-bond acceptors (Lipinski definition) is 2. The van der Waals surface area contributed by atoms with Crippen LogP contribution in [0.25, 0.3) is 0 Å². The van der Waals surface area contributed by atoms with Crippen molar-refractivity contribution in [2.45, 2.75) is 19.4 Å². The Bertz CT molecular complexity index is 426. The topological polar surface area (TPSA) is 41.1 Å². The SMILES string of the molecule is C#CC(CC)NCC(=O)Nc1cccc(F)c1. The van der Waals surface area contributed by atoms with Crippen molar-refractivity contribution in [3.05, 3.63) is 30.1 Å². The summed E-state index contributed by atoms with van der Waals surface area (Å²) in [6.45, 7) is 2.04. The summed E-state index contributed by atoms with van der Waals surface area (Å²) >= 11 is 0. The van der Waals surface area contributed by atoms with Crippen molar-refractivity contribution >= 4 is 11.6 Å². The van der Waals surface area contributed by atoms with E-state index < -0.39 is 0 Å². The summed E-state index contributed by atoms with van der Waals surface area (Å²) in [7, 11) is 0. The van der Waals surface area contributed by atoms with Gasteiger partial charge in [0.25, 0.3) is 0 Å². The molecule has 0 aliphatic heterocycles. The van der Waals surface area contributed by atoms with Gasteiger partial charge in [-0.3, -0.25) is 10.1 Å². The highest BCUT2D eigenvalue weighted by Crippen LogP contribution is 2.08. The molecule has 17 heavy (non-hydrogen) atoms. The monoisotopic (exact) mass is 234 g/mol. The molecule has 0 bridgehead atoms. The second-order valence-electron chi connectivity index (χ2n) is 3.57. The van der Waals surface area contributed by atoms with Crippen molar-refractivity contribution in [3.8, 4) is 12.3 Å². The minimum atomic E-state index is -0.384. The molecule has 0 fully saturated rings. The van der Waals surface area contributed by atoms with E-state index in [1.54, 1.807) is 6.07 Å². The molecule has 0 aliphatic carbocycles. The van der Waals surface area contributed by atoms with Gasteiger partial charge in [-0.2, -0.15) is 0 Å². The smallest absolute Gasteiger partial charge is 0.238 e. The number of amides is 1. The van der Waals surface area contributed by atoms with Crippen LogP contribution in [-0.4, -0.2) is 18.5 Å². The quantitative estimate of drug-likeness (QED) is 0.762. The van der Waals surface area contributed by atoms with Crippen molar-refractivity contribution in [2.75, 3.05) is 11.9 Å². The van der Waals surface area contributed by atoms with Gasteiger partial charge in [0.05, 0.1) is 12.6 Å². The lowest BCUT2D eigenvalue weighted by Gasteiger charge is -2.10. The van der Waals surface area contributed by atoms with Gasteiger partial charge in [-0.25, -0.2) is 4.39 Å². The van der Waals surface area contributed by atoms with Gasteiger partial charge in [0.1, 0.15) is 5.82 Å². The maximum absolute atomic E-state index is 12.8. The second-order valence-corrected chi connectivity index (χ2v) is 3.57. The average molecular weight is 234 g/mol. The van der Waals surface area contributed by atoms with Crippen LogP contribution in [0, 0.1) is 18.2 Å². The number of nitrogens with one attached hydrogen (secondary N) is 2. The van der Waals surface area contributed by atoms with E-state index in [2.05, 4.69) is 16.6 Å². The van der Waals surface area contributed by atoms with Crippen LogP contribution in [0.1, 0.15) is 13.3 Å². The highest BCUT2D eigenvalue weighted by molar-refractivity contribution is 5.92. The second kappa shape index (κ2) is 6.66. The minimum Gasteiger partial charge on any atom is -0.325 e. The average Bonchev–Trinajstić information content (AvgIpc) is 2.30. The predicted octanol–water partition coefficient (Wildman–Crippen LogP) is 1.77. The predicted molar refractivity (Wildman–Crippen MR) is 65.9 cm³/mol.